The lowest BCUT2D eigenvalue weighted by atomic mass is 10.1. The molecule has 0 radical (unpaired) electrons. The van der Waals surface area contributed by atoms with Gasteiger partial charge in [-0.3, -0.25) is 0 Å². The van der Waals surface area contributed by atoms with Gasteiger partial charge in [0.05, 0.1) is 18.0 Å². The normalized spacial score (nSPS) is 10.8. The molecule has 1 aromatic carbocycles. The smallest absolute Gasteiger partial charge is 0.125 e. The fourth-order valence-electron chi connectivity index (χ4n) is 2.36. The molecule has 2 heterocycles. The summed E-state index contributed by atoms with van der Waals surface area (Å²) in [6.07, 6.45) is 0. The van der Waals surface area contributed by atoms with Gasteiger partial charge in [0.15, 0.2) is 0 Å². The van der Waals surface area contributed by atoms with Crippen molar-refractivity contribution in [1.82, 2.24) is 9.78 Å². The van der Waals surface area contributed by atoms with Crippen molar-refractivity contribution in [2.75, 3.05) is 11.9 Å². The van der Waals surface area contributed by atoms with Crippen LogP contribution in [0.3, 0.4) is 0 Å². The highest BCUT2D eigenvalue weighted by Crippen LogP contribution is 2.26. The van der Waals surface area contributed by atoms with Gasteiger partial charge < -0.3 is 10.4 Å². The van der Waals surface area contributed by atoms with Crippen LogP contribution < -0.4 is 5.32 Å². The third-order valence-electron chi connectivity index (χ3n) is 3.59. The van der Waals surface area contributed by atoms with Gasteiger partial charge in [-0.15, -0.1) is 11.3 Å². The van der Waals surface area contributed by atoms with Gasteiger partial charge in [-0.25, -0.2) is 4.68 Å². The van der Waals surface area contributed by atoms with E-state index in [4.69, 9.17) is 0 Å². The summed E-state index contributed by atoms with van der Waals surface area (Å²) >= 11 is 1.67. The molecule has 0 saturated heterocycles. The van der Waals surface area contributed by atoms with Crippen molar-refractivity contribution in [3.63, 3.8) is 0 Å². The second-order valence-corrected chi connectivity index (χ2v) is 6.07. The van der Waals surface area contributed by atoms with Crippen molar-refractivity contribution in [1.29, 1.82) is 0 Å². The minimum atomic E-state index is 0.0740. The summed E-state index contributed by atoms with van der Waals surface area (Å²) in [6.45, 7) is 3.42. The number of rotatable bonds is 6. The van der Waals surface area contributed by atoms with Crippen LogP contribution in [0.2, 0.25) is 0 Å². The number of hydrogen-bond acceptors (Lipinski definition) is 4. The maximum Gasteiger partial charge on any atom is 0.125 e. The summed E-state index contributed by atoms with van der Waals surface area (Å²) in [7, 11) is 0. The number of aliphatic hydroxyl groups is 1. The highest BCUT2D eigenvalue weighted by atomic mass is 32.1. The maximum absolute atomic E-state index is 9.23. The molecule has 3 aromatic rings. The number of hydrogen-bond donors (Lipinski definition) is 2. The van der Waals surface area contributed by atoms with E-state index in [1.54, 1.807) is 11.3 Å². The molecule has 0 aliphatic heterocycles. The zero-order valence-electron chi connectivity index (χ0n) is 12.5. The van der Waals surface area contributed by atoms with Crippen LogP contribution >= 0.6 is 11.3 Å². The number of aromatic nitrogens is 2. The molecule has 114 valence electrons. The molecule has 0 unspecified atom stereocenters. The third-order valence-corrected chi connectivity index (χ3v) is 4.48. The van der Waals surface area contributed by atoms with Gasteiger partial charge in [-0.2, -0.15) is 5.10 Å². The summed E-state index contributed by atoms with van der Waals surface area (Å²) < 4.78 is 1.83. The van der Waals surface area contributed by atoms with E-state index in [0.717, 1.165) is 22.9 Å². The highest BCUT2D eigenvalue weighted by molar-refractivity contribution is 7.13. The van der Waals surface area contributed by atoms with Gasteiger partial charge in [0.2, 0.25) is 0 Å². The maximum atomic E-state index is 9.23. The van der Waals surface area contributed by atoms with E-state index in [1.165, 1.54) is 11.1 Å². The summed E-state index contributed by atoms with van der Waals surface area (Å²) in [5, 5.41) is 19.3. The molecule has 0 aliphatic rings. The Kier molecular flexibility index (Phi) is 4.56. The van der Waals surface area contributed by atoms with Crippen LogP contribution in [0.1, 0.15) is 11.1 Å². The first-order valence-electron chi connectivity index (χ1n) is 7.29. The zero-order valence-corrected chi connectivity index (χ0v) is 13.3. The fraction of sp³-hybridized carbons (Fsp3) is 0.235. The second kappa shape index (κ2) is 6.77. The van der Waals surface area contributed by atoms with E-state index in [-0.39, 0.29) is 6.61 Å². The Morgan fingerprint density at radius 1 is 1.23 bits per heavy atom. The van der Waals surface area contributed by atoms with Crippen LogP contribution in [-0.2, 0) is 13.1 Å². The second-order valence-electron chi connectivity index (χ2n) is 5.12. The van der Waals surface area contributed by atoms with E-state index < -0.39 is 0 Å². The number of nitrogens with zero attached hydrogens (tertiary/aromatic N) is 2. The van der Waals surface area contributed by atoms with Crippen molar-refractivity contribution >= 4 is 17.2 Å². The van der Waals surface area contributed by atoms with Gasteiger partial charge in [-0.1, -0.05) is 30.3 Å². The Bertz CT molecular complexity index is 734. The molecule has 2 N–H and O–H groups in total. The average molecular weight is 313 g/mol. The number of benzene rings is 1. The Morgan fingerprint density at radius 3 is 2.82 bits per heavy atom. The minimum Gasteiger partial charge on any atom is -0.394 e. The molecule has 0 aliphatic carbocycles. The van der Waals surface area contributed by atoms with Crippen molar-refractivity contribution in [2.45, 2.75) is 20.0 Å². The monoisotopic (exact) mass is 313 g/mol. The molecule has 0 spiro atoms. The van der Waals surface area contributed by atoms with Crippen LogP contribution in [0.15, 0.2) is 47.8 Å². The van der Waals surface area contributed by atoms with Crippen molar-refractivity contribution < 1.29 is 5.11 Å². The molecule has 3 rings (SSSR count). The topological polar surface area (TPSA) is 50.1 Å². The quantitative estimate of drug-likeness (QED) is 0.732. The zero-order chi connectivity index (χ0) is 15.4. The first-order valence-corrected chi connectivity index (χ1v) is 8.17. The van der Waals surface area contributed by atoms with E-state index in [0.29, 0.717) is 6.54 Å². The largest absolute Gasteiger partial charge is 0.394 e. The molecule has 5 heteroatoms. The number of aliphatic hydroxyl groups excluding tert-OH is 1. The SMILES string of the molecule is Cc1ccccc1CNc1cc(-c2cccs2)nn1CCO. The van der Waals surface area contributed by atoms with E-state index in [1.807, 2.05) is 34.3 Å². The first-order chi connectivity index (χ1) is 10.8. The van der Waals surface area contributed by atoms with Crippen molar-refractivity contribution in [3.05, 3.63) is 59.0 Å². The number of nitrogens with one attached hydrogen (secondary N) is 1. The van der Waals surface area contributed by atoms with Crippen LogP contribution in [0.25, 0.3) is 10.6 Å². The molecule has 0 atom stereocenters. The molecule has 0 fully saturated rings. The highest BCUT2D eigenvalue weighted by Gasteiger charge is 2.10. The van der Waals surface area contributed by atoms with Crippen molar-refractivity contribution in [3.8, 4) is 10.6 Å². The standard InChI is InChI=1S/C17H19N3OS/c1-13-5-2-3-6-14(13)12-18-17-11-15(16-7-4-10-22-16)19-20(17)8-9-21/h2-7,10-11,18,21H,8-9,12H2,1H3. The average Bonchev–Trinajstić information content (AvgIpc) is 3.16. The Morgan fingerprint density at radius 2 is 2.09 bits per heavy atom. The lowest BCUT2D eigenvalue weighted by molar-refractivity contribution is 0.270. The Labute approximate surface area is 134 Å². The van der Waals surface area contributed by atoms with Gasteiger partial charge in [-0.05, 0) is 29.5 Å². The van der Waals surface area contributed by atoms with Gasteiger partial charge >= 0.3 is 0 Å². The van der Waals surface area contributed by atoms with Crippen LogP contribution in [0, 0.1) is 6.92 Å². The number of thiophene rings is 1. The molecule has 0 amide bonds. The third kappa shape index (κ3) is 3.21. The van der Waals surface area contributed by atoms with Crippen LogP contribution in [0.4, 0.5) is 5.82 Å². The lowest BCUT2D eigenvalue weighted by Gasteiger charge is -2.10. The van der Waals surface area contributed by atoms with Gasteiger partial charge in [0, 0.05) is 12.6 Å². The fourth-order valence-corrected chi connectivity index (χ4v) is 3.04. The first kappa shape index (κ1) is 14.8. The summed E-state index contributed by atoms with van der Waals surface area (Å²) in [6, 6.07) is 14.4. The molecule has 2 aromatic heterocycles. The number of aryl methyl sites for hydroxylation is 1. The predicted molar refractivity (Wildman–Crippen MR) is 91.1 cm³/mol. The molecule has 4 nitrogen and oxygen atoms in total. The van der Waals surface area contributed by atoms with Crippen molar-refractivity contribution in [2.24, 2.45) is 0 Å². The summed E-state index contributed by atoms with van der Waals surface area (Å²) in [4.78, 5) is 1.13. The van der Waals surface area contributed by atoms with Crippen LogP contribution in [-0.4, -0.2) is 21.5 Å². The molecular weight excluding hydrogens is 294 g/mol. The van der Waals surface area contributed by atoms with Gasteiger partial charge in [0.1, 0.15) is 11.5 Å². The van der Waals surface area contributed by atoms with E-state index in [9.17, 15) is 5.11 Å². The predicted octanol–water partition coefficient (Wildman–Crippen LogP) is 3.52. The van der Waals surface area contributed by atoms with E-state index in [2.05, 4.69) is 35.5 Å². The van der Waals surface area contributed by atoms with Gasteiger partial charge in [0.25, 0.3) is 0 Å². The minimum absolute atomic E-state index is 0.0740. The lowest BCUT2D eigenvalue weighted by Crippen LogP contribution is -2.10. The summed E-state index contributed by atoms with van der Waals surface area (Å²) in [5.74, 6) is 0.931. The molecular formula is C17H19N3OS. The number of anilines is 1. The van der Waals surface area contributed by atoms with E-state index >= 15 is 0 Å². The molecule has 0 bridgehead atoms. The molecule has 22 heavy (non-hydrogen) atoms. The Balaban J connectivity index is 1.81. The summed E-state index contributed by atoms with van der Waals surface area (Å²) in [5.41, 5.74) is 3.47. The van der Waals surface area contributed by atoms with Crippen LogP contribution in [0.5, 0.6) is 0 Å². The Hall–Kier alpha value is -2.11. The molecule has 0 saturated carbocycles.